The predicted molar refractivity (Wildman–Crippen MR) is 105 cm³/mol. The molecule has 4 amide bonds. The second-order valence-electron chi connectivity index (χ2n) is 8.43. The maximum atomic E-state index is 13.1. The van der Waals surface area contributed by atoms with Crippen molar-refractivity contribution in [1.29, 1.82) is 0 Å². The number of urea groups is 1. The van der Waals surface area contributed by atoms with E-state index >= 15 is 0 Å². The molecule has 1 aliphatic heterocycles. The molecule has 2 fully saturated rings. The Morgan fingerprint density at radius 2 is 2.00 bits per heavy atom. The van der Waals surface area contributed by atoms with Crippen molar-refractivity contribution in [2.24, 2.45) is 11.3 Å². The Hall–Kier alpha value is -1.79. The maximum absolute atomic E-state index is 13.1. The number of hydrogen-bond donors (Lipinski definition) is 2. The van der Waals surface area contributed by atoms with Crippen molar-refractivity contribution in [2.45, 2.75) is 45.6 Å². The summed E-state index contributed by atoms with van der Waals surface area (Å²) in [5, 5.41) is 6.20. The van der Waals surface area contributed by atoms with Crippen LogP contribution in [0.3, 0.4) is 0 Å². The summed E-state index contributed by atoms with van der Waals surface area (Å²) in [4.78, 5) is 38.9. The topological polar surface area (TPSA) is 78.5 Å². The Morgan fingerprint density at radius 3 is 2.67 bits per heavy atom. The fourth-order valence-corrected chi connectivity index (χ4v) is 4.91. The highest BCUT2D eigenvalue weighted by atomic mass is 35.5. The number of anilines is 1. The lowest BCUT2D eigenvalue weighted by Gasteiger charge is -2.43. The van der Waals surface area contributed by atoms with Crippen LogP contribution >= 0.6 is 23.2 Å². The van der Waals surface area contributed by atoms with Crippen LogP contribution in [0.25, 0.3) is 0 Å². The van der Waals surface area contributed by atoms with Crippen molar-refractivity contribution >= 4 is 46.7 Å². The summed E-state index contributed by atoms with van der Waals surface area (Å²) in [6.45, 7) is 5.91. The normalized spacial score (nSPS) is 27.0. The van der Waals surface area contributed by atoms with E-state index in [0.29, 0.717) is 34.5 Å². The van der Waals surface area contributed by atoms with Crippen LogP contribution in [-0.4, -0.2) is 34.8 Å². The van der Waals surface area contributed by atoms with E-state index in [0.717, 1.165) is 11.3 Å². The third-order valence-corrected chi connectivity index (χ3v) is 5.69. The smallest absolute Gasteiger partial charge is 0.323 e. The number of halogens is 2. The average Bonchev–Trinajstić information content (AvgIpc) is 2.72. The summed E-state index contributed by atoms with van der Waals surface area (Å²) in [6.07, 6.45) is 2.14. The standard InChI is InChI=1S/C19H23Cl2N3O3/c1-11-7-18(2,3)10-19(8-11)16(26)24(17(27)23-19)9-15(25)22-14-6-12(20)4-5-13(14)21/h4-6,11H,7-10H2,1-3H3,(H,22,25)(H,23,27). The van der Waals surface area contributed by atoms with Gasteiger partial charge in [-0.05, 0) is 48.8 Å². The molecular formula is C19H23Cl2N3O3. The molecule has 2 atom stereocenters. The van der Waals surface area contributed by atoms with Gasteiger partial charge in [0.15, 0.2) is 0 Å². The molecule has 1 saturated carbocycles. The number of carbonyl (C=O) groups excluding carboxylic acids is 3. The van der Waals surface area contributed by atoms with Gasteiger partial charge in [-0.1, -0.05) is 44.0 Å². The monoisotopic (exact) mass is 411 g/mol. The highest BCUT2D eigenvalue weighted by Crippen LogP contribution is 2.46. The Balaban J connectivity index is 1.74. The number of carbonyl (C=O) groups is 3. The van der Waals surface area contributed by atoms with Gasteiger partial charge in [0, 0.05) is 5.02 Å². The molecule has 3 rings (SSSR count). The molecule has 0 radical (unpaired) electrons. The molecule has 27 heavy (non-hydrogen) atoms. The zero-order valence-electron chi connectivity index (χ0n) is 15.6. The van der Waals surface area contributed by atoms with Crippen LogP contribution in [0, 0.1) is 11.3 Å². The molecule has 0 aromatic heterocycles. The first kappa shape index (κ1) is 20.0. The van der Waals surface area contributed by atoms with Gasteiger partial charge in [0.25, 0.3) is 5.91 Å². The van der Waals surface area contributed by atoms with E-state index in [1.54, 1.807) is 12.1 Å². The van der Waals surface area contributed by atoms with Crippen LogP contribution in [-0.2, 0) is 9.59 Å². The average molecular weight is 412 g/mol. The minimum Gasteiger partial charge on any atom is -0.323 e. The summed E-state index contributed by atoms with van der Waals surface area (Å²) in [5.41, 5.74) is -0.650. The minimum absolute atomic E-state index is 0.0623. The van der Waals surface area contributed by atoms with Gasteiger partial charge in [0.2, 0.25) is 5.91 Å². The molecule has 0 bridgehead atoms. The Bertz CT molecular complexity index is 811. The molecule has 1 heterocycles. The molecule has 2 aliphatic rings. The molecule has 2 N–H and O–H groups in total. The third kappa shape index (κ3) is 4.06. The lowest BCUT2D eigenvalue weighted by atomic mass is 9.64. The van der Waals surface area contributed by atoms with E-state index in [2.05, 4.69) is 31.4 Å². The zero-order chi connectivity index (χ0) is 20.0. The van der Waals surface area contributed by atoms with E-state index in [-0.39, 0.29) is 17.9 Å². The number of nitrogens with one attached hydrogen (secondary N) is 2. The van der Waals surface area contributed by atoms with Crippen LogP contribution in [0.1, 0.15) is 40.0 Å². The van der Waals surface area contributed by atoms with Crippen molar-refractivity contribution in [3.8, 4) is 0 Å². The van der Waals surface area contributed by atoms with E-state index < -0.39 is 17.5 Å². The molecule has 2 unspecified atom stereocenters. The number of rotatable bonds is 3. The quantitative estimate of drug-likeness (QED) is 0.735. The molecule has 146 valence electrons. The Morgan fingerprint density at radius 1 is 1.30 bits per heavy atom. The molecule has 1 saturated heterocycles. The van der Waals surface area contributed by atoms with E-state index in [1.165, 1.54) is 6.07 Å². The molecular weight excluding hydrogens is 389 g/mol. The van der Waals surface area contributed by atoms with Crippen molar-refractivity contribution in [3.05, 3.63) is 28.2 Å². The summed E-state index contributed by atoms with van der Waals surface area (Å²) >= 11 is 12.0. The first-order valence-corrected chi connectivity index (χ1v) is 9.66. The van der Waals surface area contributed by atoms with Gasteiger partial charge in [-0.3, -0.25) is 14.5 Å². The van der Waals surface area contributed by atoms with Crippen molar-refractivity contribution < 1.29 is 14.4 Å². The lowest BCUT2D eigenvalue weighted by molar-refractivity contribution is -0.136. The van der Waals surface area contributed by atoms with E-state index in [9.17, 15) is 14.4 Å². The van der Waals surface area contributed by atoms with Gasteiger partial charge >= 0.3 is 6.03 Å². The Kier molecular flexibility index (Phi) is 5.16. The van der Waals surface area contributed by atoms with Gasteiger partial charge < -0.3 is 10.6 Å². The molecule has 1 aromatic rings. The second kappa shape index (κ2) is 6.99. The molecule has 6 nitrogen and oxygen atoms in total. The predicted octanol–water partition coefficient (Wildman–Crippen LogP) is 4.07. The molecule has 8 heteroatoms. The Labute approximate surface area is 168 Å². The van der Waals surface area contributed by atoms with Gasteiger partial charge in [-0.2, -0.15) is 0 Å². The summed E-state index contributed by atoms with van der Waals surface area (Å²) < 4.78 is 0. The molecule has 1 aliphatic carbocycles. The van der Waals surface area contributed by atoms with Gasteiger partial charge in [-0.25, -0.2) is 4.79 Å². The number of imide groups is 1. The number of benzene rings is 1. The maximum Gasteiger partial charge on any atom is 0.325 e. The van der Waals surface area contributed by atoms with Crippen molar-refractivity contribution in [2.75, 3.05) is 11.9 Å². The highest BCUT2D eigenvalue weighted by molar-refractivity contribution is 6.35. The second-order valence-corrected chi connectivity index (χ2v) is 9.27. The van der Waals surface area contributed by atoms with Crippen molar-refractivity contribution in [1.82, 2.24) is 10.2 Å². The zero-order valence-corrected chi connectivity index (χ0v) is 17.1. The summed E-state index contributed by atoms with van der Waals surface area (Å²) in [7, 11) is 0. The fraction of sp³-hybridized carbons (Fsp3) is 0.526. The van der Waals surface area contributed by atoms with Crippen LogP contribution in [0.4, 0.5) is 10.5 Å². The van der Waals surface area contributed by atoms with Crippen LogP contribution in [0.15, 0.2) is 18.2 Å². The van der Waals surface area contributed by atoms with Gasteiger partial charge in [-0.15, -0.1) is 0 Å². The number of hydrogen-bond acceptors (Lipinski definition) is 3. The molecule has 1 aromatic carbocycles. The van der Waals surface area contributed by atoms with E-state index in [4.69, 9.17) is 23.2 Å². The summed E-state index contributed by atoms with van der Waals surface area (Å²) in [6, 6.07) is 4.15. The first-order valence-electron chi connectivity index (χ1n) is 8.90. The van der Waals surface area contributed by atoms with Crippen LogP contribution in [0.5, 0.6) is 0 Å². The first-order chi connectivity index (χ1) is 12.5. The SMILES string of the molecule is CC1CC(C)(C)CC2(C1)NC(=O)N(CC(=O)Nc1cc(Cl)ccc1Cl)C2=O. The van der Waals surface area contributed by atoms with Crippen molar-refractivity contribution in [3.63, 3.8) is 0 Å². The highest BCUT2D eigenvalue weighted by Gasteiger charge is 2.56. The molecule has 1 spiro atoms. The fourth-order valence-electron chi connectivity index (χ4n) is 4.58. The lowest BCUT2D eigenvalue weighted by Crippen LogP contribution is -2.54. The van der Waals surface area contributed by atoms with Crippen LogP contribution < -0.4 is 10.6 Å². The van der Waals surface area contributed by atoms with Gasteiger partial charge in [0.1, 0.15) is 12.1 Å². The van der Waals surface area contributed by atoms with Gasteiger partial charge in [0.05, 0.1) is 10.7 Å². The summed E-state index contributed by atoms with van der Waals surface area (Å²) in [5.74, 6) is -0.542. The third-order valence-electron chi connectivity index (χ3n) is 5.13. The van der Waals surface area contributed by atoms with E-state index in [1.807, 2.05) is 0 Å². The number of amides is 4. The minimum atomic E-state index is -0.924. The largest absolute Gasteiger partial charge is 0.325 e. The van der Waals surface area contributed by atoms with Crippen LogP contribution in [0.2, 0.25) is 10.0 Å². The number of nitrogens with zero attached hydrogens (tertiary/aromatic N) is 1.